The van der Waals surface area contributed by atoms with Gasteiger partial charge >= 0.3 is 0 Å². The van der Waals surface area contributed by atoms with E-state index in [9.17, 15) is 0 Å². The van der Waals surface area contributed by atoms with E-state index in [0.717, 1.165) is 28.9 Å². The van der Waals surface area contributed by atoms with Crippen molar-refractivity contribution in [3.8, 4) is 0 Å². The second kappa shape index (κ2) is 4.98. The molecule has 0 radical (unpaired) electrons. The van der Waals surface area contributed by atoms with Gasteiger partial charge in [-0.25, -0.2) is 0 Å². The molecule has 0 bridgehead atoms. The van der Waals surface area contributed by atoms with Gasteiger partial charge in [0.15, 0.2) is 5.65 Å². The fourth-order valence-electron chi connectivity index (χ4n) is 2.94. The predicted octanol–water partition coefficient (Wildman–Crippen LogP) is 3.86. The average molecular weight is 290 g/mol. The van der Waals surface area contributed by atoms with Crippen LogP contribution in [0.15, 0.2) is 54.6 Å². The molecule has 0 aliphatic rings. The molecule has 0 aliphatic carbocycles. The zero-order valence-electron chi connectivity index (χ0n) is 12.8. The van der Waals surface area contributed by atoms with Gasteiger partial charge in [0.25, 0.3) is 0 Å². The lowest BCUT2D eigenvalue weighted by Gasteiger charge is -2.10. The summed E-state index contributed by atoms with van der Waals surface area (Å²) in [5, 5.41) is 10.5. The second-order valence-corrected chi connectivity index (χ2v) is 5.91. The molecule has 0 saturated carbocycles. The molecule has 2 heterocycles. The Morgan fingerprint density at radius 3 is 2.41 bits per heavy atom. The van der Waals surface area contributed by atoms with Crippen molar-refractivity contribution in [3.63, 3.8) is 0 Å². The Hall–Kier alpha value is -2.62. The number of rotatable bonds is 3. The summed E-state index contributed by atoms with van der Waals surface area (Å²) in [5.74, 6) is 1.42. The summed E-state index contributed by atoms with van der Waals surface area (Å²) >= 11 is 0. The van der Waals surface area contributed by atoms with Gasteiger partial charge in [-0.1, -0.05) is 56.3 Å². The number of nitrogens with zero attached hydrogens (tertiary/aromatic N) is 4. The van der Waals surface area contributed by atoms with E-state index in [1.807, 2.05) is 18.2 Å². The van der Waals surface area contributed by atoms with Crippen LogP contribution in [0.25, 0.3) is 16.6 Å². The van der Waals surface area contributed by atoms with Crippen molar-refractivity contribution in [2.45, 2.75) is 26.3 Å². The minimum absolute atomic E-state index is 0.351. The molecule has 0 spiro atoms. The number of fused-ring (bicyclic) bond motifs is 3. The Bertz CT molecular complexity index is 932. The highest BCUT2D eigenvalue weighted by Crippen LogP contribution is 2.24. The minimum atomic E-state index is 0.351. The van der Waals surface area contributed by atoms with Crippen LogP contribution in [0.4, 0.5) is 0 Å². The molecule has 4 rings (SSSR count). The largest absolute Gasteiger partial charge is 0.306 e. The van der Waals surface area contributed by atoms with Crippen molar-refractivity contribution in [1.82, 2.24) is 19.4 Å². The maximum absolute atomic E-state index is 4.71. The summed E-state index contributed by atoms with van der Waals surface area (Å²) < 4.78 is 4.07. The highest BCUT2D eigenvalue weighted by Gasteiger charge is 2.18. The molecule has 4 aromatic rings. The van der Waals surface area contributed by atoms with Gasteiger partial charge in [-0.05, 0) is 17.7 Å². The van der Waals surface area contributed by atoms with Gasteiger partial charge in [-0.2, -0.15) is 0 Å². The van der Waals surface area contributed by atoms with Gasteiger partial charge < -0.3 is 4.57 Å². The van der Waals surface area contributed by atoms with Crippen molar-refractivity contribution >= 4 is 16.6 Å². The third kappa shape index (κ3) is 1.99. The van der Waals surface area contributed by atoms with E-state index in [-0.39, 0.29) is 0 Å². The number of aromatic nitrogens is 4. The van der Waals surface area contributed by atoms with Crippen molar-refractivity contribution in [2.75, 3.05) is 0 Å². The van der Waals surface area contributed by atoms with Gasteiger partial charge in [0.2, 0.25) is 0 Å². The summed E-state index contributed by atoms with van der Waals surface area (Å²) in [6.07, 6.45) is 0. The van der Waals surface area contributed by atoms with Crippen molar-refractivity contribution < 1.29 is 0 Å². The van der Waals surface area contributed by atoms with Crippen molar-refractivity contribution in [1.29, 1.82) is 0 Å². The Morgan fingerprint density at radius 1 is 0.909 bits per heavy atom. The third-order valence-electron chi connectivity index (χ3n) is 3.97. The standard InChI is InChI=1S/C18H18N4/c1-13(2)17-20-22-18(15-10-6-7-11-16(15)19-22)21(17)12-14-8-4-3-5-9-14/h3-11,13H,12H2,1-2H3. The van der Waals surface area contributed by atoms with Crippen molar-refractivity contribution in [3.05, 3.63) is 66.0 Å². The van der Waals surface area contributed by atoms with Gasteiger partial charge in [0.1, 0.15) is 5.82 Å². The predicted molar refractivity (Wildman–Crippen MR) is 88.1 cm³/mol. The molecule has 0 saturated heterocycles. The first-order valence-corrected chi connectivity index (χ1v) is 7.62. The summed E-state index contributed by atoms with van der Waals surface area (Å²) in [5.41, 5.74) is 3.33. The lowest BCUT2D eigenvalue weighted by Crippen LogP contribution is -2.06. The quantitative estimate of drug-likeness (QED) is 0.574. The highest BCUT2D eigenvalue weighted by molar-refractivity contribution is 5.92. The topological polar surface area (TPSA) is 35.1 Å². The number of benzene rings is 2. The highest BCUT2D eigenvalue weighted by atomic mass is 15.5. The van der Waals surface area contributed by atoms with Crippen LogP contribution in [-0.4, -0.2) is 19.4 Å². The molecule has 0 fully saturated rings. The maximum atomic E-state index is 4.71. The molecular weight excluding hydrogens is 272 g/mol. The zero-order chi connectivity index (χ0) is 15.1. The second-order valence-electron chi connectivity index (χ2n) is 5.91. The molecule has 0 aliphatic heterocycles. The van der Waals surface area contributed by atoms with Crippen LogP contribution in [0, 0.1) is 0 Å². The lowest BCUT2D eigenvalue weighted by molar-refractivity contribution is 0.671. The maximum Gasteiger partial charge on any atom is 0.166 e. The van der Waals surface area contributed by atoms with Gasteiger partial charge in [-0.3, -0.25) is 0 Å². The van der Waals surface area contributed by atoms with E-state index < -0.39 is 0 Å². The summed E-state index contributed by atoms with van der Waals surface area (Å²) in [6.45, 7) is 5.16. The molecule has 0 N–H and O–H groups in total. The van der Waals surface area contributed by atoms with E-state index in [1.165, 1.54) is 5.56 Å². The van der Waals surface area contributed by atoms with E-state index in [0.29, 0.717) is 5.92 Å². The van der Waals surface area contributed by atoms with E-state index >= 15 is 0 Å². The normalized spacial score (nSPS) is 11.8. The van der Waals surface area contributed by atoms with Crippen molar-refractivity contribution in [2.24, 2.45) is 0 Å². The first kappa shape index (κ1) is 13.1. The van der Waals surface area contributed by atoms with Crippen LogP contribution in [0.5, 0.6) is 0 Å². The fourth-order valence-corrected chi connectivity index (χ4v) is 2.94. The molecule has 22 heavy (non-hydrogen) atoms. The smallest absolute Gasteiger partial charge is 0.166 e. The Labute approximate surface area is 129 Å². The van der Waals surface area contributed by atoms with Gasteiger partial charge in [0, 0.05) is 11.3 Å². The molecule has 110 valence electrons. The average Bonchev–Trinajstić information content (AvgIpc) is 3.05. The van der Waals surface area contributed by atoms with Gasteiger partial charge in [-0.15, -0.1) is 14.8 Å². The first-order chi connectivity index (χ1) is 10.7. The van der Waals surface area contributed by atoms with Crippen LogP contribution in [0.2, 0.25) is 0 Å². The lowest BCUT2D eigenvalue weighted by atomic mass is 10.2. The Balaban J connectivity index is 1.98. The van der Waals surface area contributed by atoms with Gasteiger partial charge in [0.05, 0.1) is 12.1 Å². The SMILES string of the molecule is CC(C)c1nn2nc3ccccc3c2n1Cc1ccccc1. The van der Waals surface area contributed by atoms with E-state index in [1.54, 1.807) is 4.63 Å². The third-order valence-corrected chi connectivity index (χ3v) is 3.97. The number of hydrogen-bond donors (Lipinski definition) is 0. The molecule has 4 nitrogen and oxygen atoms in total. The molecule has 0 atom stereocenters. The molecule has 4 heteroatoms. The monoisotopic (exact) mass is 290 g/mol. The Kier molecular flexibility index (Phi) is 2.96. The summed E-state index contributed by atoms with van der Waals surface area (Å²) in [6, 6.07) is 18.7. The Morgan fingerprint density at radius 2 is 1.64 bits per heavy atom. The minimum Gasteiger partial charge on any atom is -0.306 e. The molecular formula is C18H18N4. The van der Waals surface area contributed by atoms with Crippen LogP contribution < -0.4 is 0 Å². The summed E-state index contributed by atoms with van der Waals surface area (Å²) in [4.78, 5) is 0. The van der Waals surface area contributed by atoms with Crippen LogP contribution in [-0.2, 0) is 6.54 Å². The fraction of sp³-hybridized carbons (Fsp3) is 0.222. The molecule has 0 unspecified atom stereocenters. The van der Waals surface area contributed by atoms with Crippen LogP contribution >= 0.6 is 0 Å². The first-order valence-electron chi connectivity index (χ1n) is 7.62. The van der Waals surface area contributed by atoms with E-state index in [2.05, 4.69) is 59.9 Å². The molecule has 2 aromatic carbocycles. The number of hydrogen-bond acceptors (Lipinski definition) is 2. The molecule has 2 aromatic heterocycles. The van der Waals surface area contributed by atoms with Crippen LogP contribution in [0.3, 0.4) is 0 Å². The van der Waals surface area contributed by atoms with E-state index in [4.69, 9.17) is 5.10 Å². The van der Waals surface area contributed by atoms with Crippen LogP contribution in [0.1, 0.15) is 31.2 Å². The summed E-state index contributed by atoms with van der Waals surface area (Å²) in [7, 11) is 0. The molecule has 0 amide bonds. The zero-order valence-corrected chi connectivity index (χ0v) is 12.8.